The second-order valence-corrected chi connectivity index (χ2v) is 8.61. The first-order chi connectivity index (χ1) is 16.9. The van der Waals surface area contributed by atoms with Crippen molar-refractivity contribution in [3.05, 3.63) is 96.7 Å². The molecule has 0 radical (unpaired) electrons. The molecule has 2 amide bonds. The molecule has 2 heterocycles. The zero-order valence-electron chi connectivity index (χ0n) is 19.9. The van der Waals surface area contributed by atoms with Crippen LogP contribution in [0.15, 0.2) is 91.1 Å². The first-order valence-corrected chi connectivity index (χ1v) is 11.2. The van der Waals surface area contributed by atoms with E-state index in [1.54, 1.807) is 42.5 Å². The van der Waals surface area contributed by atoms with Crippen molar-refractivity contribution in [3.63, 3.8) is 0 Å². The lowest BCUT2D eigenvalue weighted by Crippen LogP contribution is -2.28. The number of nitrogens with zero attached hydrogens (tertiary/aromatic N) is 2. The smallest absolute Gasteiger partial charge is 0.415 e. The van der Waals surface area contributed by atoms with Gasteiger partial charge in [-0.15, -0.1) is 0 Å². The lowest BCUT2D eigenvalue weighted by Gasteiger charge is -2.16. The molecule has 1 aliphatic heterocycles. The van der Waals surface area contributed by atoms with Crippen molar-refractivity contribution in [3.8, 4) is 5.75 Å². The molecule has 1 fully saturated rings. The Hall–Kier alpha value is -4.39. The van der Waals surface area contributed by atoms with Crippen LogP contribution in [0.3, 0.4) is 0 Å². The van der Waals surface area contributed by atoms with Gasteiger partial charge in [-0.1, -0.05) is 36.4 Å². The molecular formula is C28H27N3O4. The highest BCUT2D eigenvalue weighted by atomic mass is 16.6. The fraction of sp³-hybridized carbons (Fsp3) is 0.179. The van der Waals surface area contributed by atoms with Gasteiger partial charge in [-0.05, 0) is 62.4 Å². The number of anilines is 2. The van der Waals surface area contributed by atoms with Gasteiger partial charge in [0.1, 0.15) is 11.4 Å². The molecule has 4 aromatic rings. The topological polar surface area (TPSA) is 80.8 Å². The Kier molecular flexibility index (Phi) is 6.96. The highest BCUT2D eigenvalue weighted by molar-refractivity contribution is 6.08. The van der Waals surface area contributed by atoms with Gasteiger partial charge in [-0.25, -0.2) is 4.79 Å². The summed E-state index contributed by atoms with van der Waals surface area (Å²) >= 11 is 0. The van der Waals surface area contributed by atoms with Crippen LogP contribution in [0.4, 0.5) is 16.2 Å². The van der Waals surface area contributed by atoms with E-state index in [-0.39, 0.29) is 12.0 Å². The third-order valence-electron chi connectivity index (χ3n) is 5.42. The second-order valence-electron chi connectivity index (χ2n) is 8.61. The summed E-state index contributed by atoms with van der Waals surface area (Å²) in [4.78, 5) is 30.5. The van der Waals surface area contributed by atoms with E-state index >= 15 is 0 Å². The lowest BCUT2D eigenvalue weighted by atomic mass is 10.1. The van der Waals surface area contributed by atoms with Gasteiger partial charge < -0.3 is 14.8 Å². The van der Waals surface area contributed by atoms with Crippen LogP contribution in [-0.4, -0.2) is 36.2 Å². The average molecular weight is 470 g/mol. The van der Waals surface area contributed by atoms with E-state index in [0.717, 1.165) is 16.7 Å². The fourth-order valence-corrected chi connectivity index (χ4v) is 3.71. The molecule has 0 aliphatic carbocycles. The largest absolute Gasteiger partial charge is 0.497 e. The maximum Gasteiger partial charge on any atom is 0.415 e. The molecule has 5 rings (SSSR count). The number of amides is 2. The van der Waals surface area contributed by atoms with Crippen LogP contribution in [-0.2, 0) is 4.74 Å². The molecule has 7 nitrogen and oxygen atoms in total. The van der Waals surface area contributed by atoms with E-state index in [4.69, 9.17) is 9.47 Å². The maximum atomic E-state index is 12.6. The van der Waals surface area contributed by atoms with Gasteiger partial charge >= 0.3 is 6.09 Å². The number of carbonyl (C=O) groups excluding carboxylic acids is 2. The van der Waals surface area contributed by atoms with Crippen LogP contribution in [0, 0.1) is 0 Å². The van der Waals surface area contributed by atoms with Crippen molar-refractivity contribution in [1.29, 1.82) is 0 Å². The van der Waals surface area contributed by atoms with Crippen LogP contribution < -0.4 is 15.0 Å². The van der Waals surface area contributed by atoms with E-state index in [0.29, 0.717) is 23.5 Å². The molecular weight excluding hydrogens is 442 g/mol. The van der Waals surface area contributed by atoms with Crippen molar-refractivity contribution >= 4 is 34.3 Å². The van der Waals surface area contributed by atoms with Crippen molar-refractivity contribution in [2.75, 3.05) is 23.9 Å². The maximum absolute atomic E-state index is 12.6. The van der Waals surface area contributed by atoms with Crippen LogP contribution >= 0.6 is 0 Å². The number of hydrogen-bond acceptors (Lipinski definition) is 5. The van der Waals surface area contributed by atoms with Gasteiger partial charge in [0.2, 0.25) is 0 Å². The Morgan fingerprint density at radius 1 is 0.971 bits per heavy atom. The zero-order chi connectivity index (χ0) is 24.8. The lowest BCUT2D eigenvalue weighted by molar-refractivity contribution is 0.0870. The SMILES string of the molecule is CC1(C)CN(c2ccc(C(=O)Nc3cccc4cccnc34)cc2)C(=O)O1.COc1ccccc1. The zero-order valence-corrected chi connectivity index (χ0v) is 19.9. The monoisotopic (exact) mass is 469 g/mol. The Morgan fingerprint density at radius 2 is 1.69 bits per heavy atom. The fourth-order valence-electron chi connectivity index (χ4n) is 3.71. The van der Waals surface area contributed by atoms with E-state index in [9.17, 15) is 9.59 Å². The minimum Gasteiger partial charge on any atom is -0.497 e. The standard InChI is InChI=1S/C21H19N3O3.C7H8O/c1-21(2)13-24(20(26)27-21)16-10-8-15(9-11-16)19(25)23-17-7-3-5-14-6-4-12-22-18(14)17;1-8-7-5-3-2-4-6-7/h3-12H,13H2,1-2H3,(H,23,25);2-6H,1H3. The molecule has 178 valence electrons. The predicted octanol–water partition coefficient (Wildman–Crippen LogP) is 5.92. The van der Waals surface area contributed by atoms with Gasteiger partial charge in [0.05, 0.1) is 24.9 Å². The number of pyridine rings is 1. The second kappa shape index (κ2) is 10.3. The van der Waals surface area contributed by atoms with Crippen molar-refractivity contribution in [1.82, 2.24) is 4.98 Å². The van der Waals surface area contributed by atoms with Crippen molar-refractivity contribution in [2.24, 2.45) is 0 Å². The summed E-state index contributed by atoms with van der Waals surface area (Å²) in [5.74, 6) is 0.677. The average Bonchev–Trinajstić information content (AvgIpc) is 3.17. The molecule has 0 bridgehead atoms. The molecule has 0 saturated carbocycles. The van der Waals surface area contributed by atoms with Crippen molar-refractivity contribution in [2.45, 2.75) is 19.4 Å². The molecule has 1 aliphatic rings. The van der Waals surface area contributed by atoms with Crippen LogP contribution in [0.5, 0.6) is 5.75 Å². The minimum absolute atomic E-state index is 0.232. The number of rotatable bonds is 4. The molecule has 0 spiro atoms. The van der Waals surface area contributed by atoms with Gasteiger partial charge in [0, 0.05) is 22.8 Å². The number of fused-ring (bicyclic) bond motifs is 1. The first-order valence-electron chi connectivity index (χ1n) is 11.2. The van der Waals surface area contributed by atoms with Crippen LogP contribution in [0.2, 0.25) is 0 Å². The Labute approximate surface area is 204 Å². The number of aromatic nitrogens is 1. The third-order valence-corrected chi connectivity index (χ3v) is 5.42. The van der Waals surface area contributed by atoms with Gasteiger partial charge in [-0.2, -0.15) is 0 Å². The number of benzene rings is 3. The summed E-state index contributed by atoms with van der Waals surface area (Å²) in [6.45, 7) is 4.20. The number of cyclic esters (lactones) is 1. The molecule has 7 heteroatoms. The summed E-state index contributed by atoms with van der Waals surface area (Å²) < 4.78 is 10.2. The summed E-state index contributed by atoms with van der Waals surface area (Å²) in [7, 11) is 1.66. The third kappa shape index (κ3) is 5.76. The molecule has 1 N–H and O–H groups in total. The highest BCUT2D eigenvalue weighted by Crippen LogP contribution is 2.28. The predicted molar refractivity (Wildman–Crippen MR) is 137 cm³/mol. The molecule has 3 aromatic carbocycles. The number of nitrogens with one attached hydrogen (secondary N) is 1. The summed E-state index contributed by atoms with van der Waals surface area (Å²) in [6.07, 6.45) is 1.32. The number of para-hydroxylation sites is 2. The Balaban J connectivity index is 0.000000308. The number of carbonyl (C=O) groups is 2. The summed E-state index contributed by atoms with van der Waals surface area (Å²) in [6, 6.07) is 26.0. The number of hydrogen-bond donors (Lipinski definition) is 1. The minimum atomic E-state index is -0.519. The molecule has 1 aromatic heterocycles. The Morgan fingerprint density at radius 3 is 2.31 bits per heavy atom. The van der Waals surface area contributed by atoms with E-state index < -0.39 is 5.60 Å². The van der Waals surface area contributed by atoms with Gasteiger partial charge in [0.25, 0.3) is 5.91 Å². The van der Waals surface area contributed by atoms with E-state index in [1.165, 1.54) is 0 Å². The van der Waals surface area contributed by atoms with Crippen molar-refractivity contribution < 1.29 is 19.1 Å². The highest BCUT2D eigenvalue weighted by Gasteiger charge is 2.38. The Bertz CT molecular complexity index is 1320. The van der Waals surface area contributed by atoms with Gasteiger partial charge in [-0.3, -0.25) is 14.7 Å². The quantitative estimate of drug-likeness (QED) is 0.401. The molecule has 0 unspecified atom stereocenters. The molecule has 35 heavy (non-hydrogen) atoms. The van der Waals surface area contributed by atoms with E-state index in [1.807, 2.05) is 74.5 Å². The number of ether oxygens (including phenoxy) is 2. The number of methoxy groups -OCH3 is 1. The summed E-state index contributed by atoms with van der Waals surface area (Å²) in [5, 5.41) is 3.86. The first kappa shape index (κ1) is 23.8. The van der Waals surface area contributed by atoms with E-state index in [2.05, 4.69) is 10.3 Å². The summed E-state index contributed by atoms with van der Waals surface area (Å²) in [5.41, 5.74) is 2.08. The van der Waals surface area contributed by atoms with Gasteiger partial charge in [0.15, 0.2) is 0 Å². The van der Waals surface area contributed by atoms with Crippen LogP contribution in [0.1, 0.15) is 24.2 Å². The molecule has 1 saturated heterocycles. The molecule has 0 atom stereocenters. The van der Waals surface area contributed by atoms with Crippen LogP contribution in [0.25, 0.3) is 10.9 Å². The normalized spacial score (nSPS) is 14.0.